The molecule has 1 heterocycles. The van der Waals surface area contributed by atoms with Crippen LogP contribution in [0, 0.1) is 11.3 Å². The average molecular weight is 472 g/mol. The molecule has 9 heteroatoms. The summed E-state index contributed by atoms with van der Waals surface area (Å²) in [6, 6.07) is 12.0. The van der Waals surface area contributed by atoms with Crippen LogP contribution < -0.4 is 5.32 Å². The molecule has 3 rings (SSSR count). The first-order valence-corrected chi connectivity index (χ1v) is 10.1. The zero-order valence-electron chi connectivity index (χ0n) is 13.8. The van der Waals surface area contributed by atoms with Crippen molar-refractivity contribution < 1.29 is 9.90 Å². The van der Waals surface area contributed by atoms with Crippen molar-refractivity contribution in [3.8, 4) is 11.8 Å². The van der Waals surface area contributed by atoms with Gasteiger partial charge in [-0.05, 0) is 35.2 Å². The Bertz CT molecular complexity index is 1090. The van der Waals surface area contributed by atoms with Crippen LogP contribution in [0.3, 0.4) is 0 Å². The fourth-order valence-corrected chi connectivity index (χ4v) is 4.21. The quantitative estimate of drug-likeness (QED) is 0.403. The fourth-order valence-electron chi connectivity index (χ4n) is 2.54. The van der Waals surface area contributed by atoms with Crippen LogP contribution in [0.25, 0.3) is 0 Å². The Morgan fingerprint density at radius 2 is 1.86 bits per heavy atom. The van der Waals surface area contributed by atoms with Crippen molar-refractivity contribution in [3.63, 3.8) is 0 Å². The molecule has 0 aliphatic rings. The van der Waals surface area contributed by atoms with E-state index in [0.29, 0.717) is 16.3 Å². The lowest BCUT2D eigenvalue weighted by atomic mass is 9.98. The maximum Gasteiger partial charge on any atom is 0.259 e. The number of rotatable bonds is 4. The summed E-state index contributed by atoms with van der Waals surface area (Å²) in [6.45, 7) is 0. The standard InChI is InChI=1S/C19H10Cl4N2O2S/c20-13-6-9(3-4-10(13)12(8-24)15-2-1-5-28-15)25-19(27)11-7-14(21)16(22)17(23)18(11)26/h1-7,12,26H,(H,25,27). The van der Waals surface area contributed by atoms with Crippen LogP contribution in [-0.4, -0.2) is 11.0 Å². The summed E-state index contributed by atoms with van der Waals surface area (Å²) in [6.07, 6.45) is 0. The molecular formula is C19H10Cl4N2O2S. The van der Waals surface area contributed by atoms with Crippen molar-refractivity contribution in [2.24, 2.45) is 0 Å². The molecule has 1 aromatic heterocycles. The molecule has 0 bridgehead atoms. The van der Waals surface area contributed by atoms with Crippen molar-refractivity contribution >= 4 is 69.3 Å². The predicted molar refractivity (Wildman–Crippen MR) is 114 cm³/mol. The highest BCUT2D eigenvalue weighted by Gasteiger charge is 2.21. The van der Waals surface area contributed by atoms with Crippen LogP contribution in [0.2, 0.25) is 20.1 Å². The average Bonchev–Trinajstić information content (AvgIpc) is 3.19. The largest absolute Gasteiger partial charge is 0.505 e. The number of halogens is 4. The number of thiophene rings is 1. The molecule has 1 unspecified atom stereocenters. The highest BCUT2D eigenvalue weighted by atomic mass is 35.5. The molecule has 1 atom stereocenters. The molecule has 142 valence electrons. The number of aromatic hydroxyl groups is 1. The van der Waals surface area contributed by atoms with Gasteiger partial charge >= 0.3 is 0 Å². The summed E-state index contributed by atoms with van der Waals surface area (Å²) in [5.74, 6) is -1.62. The number of carbonyl (C=O) groups is 1. The number of nitrogens with zero attached hydrogens (tertiary/aromatic N) is 1. The SMILES string of the molecule is N#CC(c1cccs1)c1ccc(NC(=O)c2cc(Cl)c(Cl)c(Cl)c2O)cc1Cl. The Labute approximate surface area is 184 Å². The number of anilines is 1. The maximum atomic E-state index is 12.5. The van der Waals surface area contributed by atoms with Crippen molar-refractivity contribution in [1.29, 1.82) is 5.26 Å². The third-order valence-electron chi connectivity index (χ3n) is 3.91. The molecule has 0 radical (unpaired) electrons. The van der Waals surface area contributed by atoms with Crippen LogP contribution in [0.4, 0.5) is 5.69 Å². The Kier molecular flexibility index (Phi) is 6.39. The second-order valence-corrected chi connectivity index (χ2v) is 8.20. The predicted octanol–water partition coefficient (Wildman–Crippen LogP) is 6.98. The number of nitriles is 1. The van der Waals surface area contributed by atoms with Gasteiger partial charge in [0.05, 0.1) is 21.7 Å². The van der Waals surface area contributed by atoms with Crippen LogP contribution in [0.1, 0.15) is 26.7 Å². The van der Waals surface area contributed by atoms with Gasteiger partial charge in [0.15, 0.2) is 0 Å². The Morgan fingerprint density at radius 3 is 2.46 bits per heavy atom. The van der Waals surface area contributed by atoms with Gasteiger partial charge in [-0.15, -0.1) is 11.3 Å². The van der Waals surface area contributed by atoms with E-state index in [2.05, 4.69) is 11.4 Å². The molecule has 0 saturated heterocycles. The lowest BCUT2D eigenvalue weighted by Gasteiger charge is -2.13. The molecule has 4 nitrogen and oxygen atoms in total. The molecule has 28 heavy (non-hydrogen) atoms. The van der Waals surface area contributed by atoms with Gasteiger partial charge in [0.2, 0.25) is 0 Å². The van der Waals surface area contributed by atoms with E-state index in [1.54, 1.807) is 12.1 Å². The van der Waals surface area contributed by atoms with E-state index in [0.717, 1.165) is 4.88 Å². The number of hydrogen-bond acceptors (Lipinski definition) is 4. The lowest BCUT2D eigenvalue weighted by molar-refractivity contribution is 0.102. The van der Waals surface area contributed by atoms with E-state index in [9.17, 15) is 15.2 Å². The van der Waals surface area contributed by atoms with E-state index in [1.807, 2.05) is 17.5 Å². The van der Waals surface area contributed by atoms with E-state index in [1.165, 1.54) is 23.5 Å². The Morgan fingerprint density at radius 1 is 1.11 bits per heavy atom. The number of amides is 1. The number of hydrogen-bond donors (Lipinski definition) is 2. The molecule has 0 saturated carbocycles. The van der Waals surface area contributed by atoms with Crippen molar-refractivity contribution in [2.75, 3.05) is 5.32 Å². The van der Waals surface area contributed by atoms with E-state index in [4.69, 9.17) is 46.4 Å². The molecule has 2 N–H and O–H groups in total. The van der Waals surface area contributed by atoms with Crippen LogP contribution in [-0.2, 0) is 0 Å². The normalized spacial score (nSPS) is 11.7. The minimum Gasteiger partial charge on any atom is -0.505 e. The first-order valence-electron chi connectivity index (χ1n) is 7.73. The third kappa shape index (κ3) is 4.07. The Balaban J connectivity index is 1.88. The lowest BCUT2D eigenvalue weighted by Crippen LogP contribution is -2.12. The van der Waals surface area contributed by atoms with E-state index >= 15 is 0 Å². The molecule has 3 aromatic rings. The van der Waals surface area contributed by atoms with Crippen LogP contribution in [0.5, 0.6) is 5.75 Å². The number of carbonyl (C=O) groups excluding carboxylic acids is 1. The van der Waals surface area contributed by atoms with Gasteiger partial charge in [0.25, 0.3) is 5.91 Å². The number of nitrogens with one attached hydrogen (secondary N) is 1. The van der Waals surface area contributed by atoms with Gasteiger partial charge in [-0.3, -0.25) is 4.79 Å². The molecule has 0 aliphatic carbocycles. The third-order valence-corrected chi connectivity index (χ3v) is 6.42. The summed E-state index contributed by atoms with van der Waals surface area (Å²) >= 11 is 25.5. The molecular weight excluding hydrogens is 462 g/mol. The highest BCUT2D eigenvalue weighted by molar-refractivity contribution is 7.10. The van der Waals surface area contributed by atoms with Crippen molar-refractivity contribution in [1.82, 2.24) is 0 Å². The van der Waals surface area contributed by atoms with Crippen LogP contribution in [0.15, 0.2) is 41.8 Å². The first-order chi connectivity index (χ1) is 13.3. The second-order valence-electron chi connectivity index (χ2n) is 5.65. The zero-order chi connectivity index (χ0) is 20.4. The number of benzene rings is 2. The smallest absolute Gasteiger partial charge is 0.259 e. The molecule has 2 aromatic carbocycles. The first kappa shape index (κ1) is 20.8. The molecule has 0 fully saturated rings. The van der Waals surface area contributed by atoms with Crippen molar-refractivity contribution in [2.45, 2.75) is 5.92 Å². The summed E-state index contributed by atoms with van der Waals surface area (Å²) in [7, 11) is 0. The minimum atomic E-state index is -0.642. The summed E-state index contributed by atoms with van der Waals surface area (Å²) < 4.78 is 0. The monoisotopic (exact) mass is 470 g/mol. The summed E-state index contributed by atoms with van der Waals surface area (Å²) in [4.78, 5) is 13.4. The number of phenolic OH excluding ortho intramolecular Hbond substituents is 1. The van der Waals surface area contributed by atoms with Crippen molar-refractivity contribution in [3.05, 3.63) is 77.9 Å². The fraction of sp³-hybridized carbons (Fsp3) is 0.0526. The van der Waals surface area contributed by atoms with Gasteiger partial charge in [0, 0.05) is 15.6 Å². The highest BCUT2D eigenvalue weighted by Crippen LogP contribution is 2.40. The zero-order valence-corrected chi connectivity index (χ0v) is 17.7. The second kappa shape index (κ2) is 8.60. The summed E-state index contributed by atoms with van der Waals surface area (Å²) in [5.41, 5.74) is 0.876. The van der Waals surface area contributed by atoms with Gasteiger partial charge in [-0.1, -0.05) is 58.5 Å². The van der Waals surface area contributed by atoms with Gasteiger partial charge in [-0.2, -0.15) is 5.26 Å². The van der Waals surface area contributed by atoms with Gasteiger partial charge in [-0.25, -0.2) is 0 Å². The maximum absolute atomic E-state index is 12.5. The van der Waals surface area contributed by atoms with E-state index in [-0.39, 0.29) is 20.6 Å². The molecule has 0 spiro atoms. The number of phenols is 1. The molecule has 0 aliphatic heterocycles. The summed E-state index contributed by atoms with van der Waals surface area (Å²) in [5, 5.41) is 24.2. The van der Waals surface area contributed by atoms with Gasteiger partial charge < -0.3 is 10.4 Å². The van der Waals surface area contributed by atoms with Gasteiger partial charge in [0.1, 0.15) is 16.7 Å². The Hall–Kier alpha value is -1.94. The van der Waals surface area contributed by atoms with E-state index < -0.39 is 17.6 Å². The topological polar surface area (TPSA) is 73.1 Å². The van der Waals surface area contributed by atoms with Crippen LogP contribution >= 0.6 is 57.7 Å². The molecule has 1 amide bonds. The minimum absolute atomic E-state index is 0.0378.